The van der Waals surface area contributed by atoms with Gasteiger partial charge in [0.25, 0.3) is 0 Å². The van der Waals surface area contributed by atoms with Crippen LogP contribution in [0.15, 0.2) is 22.7 Å². The molecule has 1 aliphatic rings. The van der Waals surface area contributed by atoms with Crippen LogP contribution in [0.5, 0.6) is 5.75 Å². The van der Waals surface area contributed by atoms with Crippen LogP contribution in [0.3, 0.4) is 0 Å². The quantitative estimate of drug-likeness (QED) is 0.807. The van der Waals surface area contributed by atoms with Gasteiger partial charge in [-0.15, -0.1) is 0 Å². The van der Waals surface area contributed by atoms with Crippen molar-refractivity contribution in [3.63, 3.8) is 0 Å². The lowest BCUT2D eigenvalue weighted by Crippen LogP contribution is -2.23. The number of nitrogens with one attached hydrogen (secondary N) is 1. The fraction of sp³-hybridized carbons (Fsp3) is 0.647. The monoisotopic (exact) mass is 339 g/mol. The van der Waals surface area contributed by atoms with Crippen LogP contribution in [0.1, 0.15) is 58.1 Å². The van der Waals surface area contributed by atoms with Crippen molar-refractivity contribution in [1.82, 2.24) is 5.32 Å². The van der Waals surface area contributed by atoms with Crippen molar-refractivity contribution >= 4 is 15.9 Å². The van der Waals surface area contributed by atoms with E-state index in [0.29, 0.717) is 12.1 Å². The van der Waals surface area contributed by atoms with Crippen molar-refractivity contribution in [3.05, 3.63) is 28.2 Å². The fourth-order valence-corrected chi connectivity index (χ4v) is 3.59. The summed E-state index contributed by atoms with van der Waals surface area (Å²) in [5.41, 5.74) is 1.29. The minimum Gasteiger partial charge on any atom is -0.490 e. The molecule has 0 bridgehead atoms. The van der Waals surface area contributed by atoms with Gasteiger partial charge < -0.3 is 10.1 Å². The lowest BCUT2D eigenvalue weighted by atomic mass is 9.89. The Hall–Kier alpha value is -0.540. The zero-order chi connectivity index (χ0) is 14.5. The number of ether oxygens (including phenoxy) is 1. The maximum absolute atomic E-state index is 6.13. The summed E-state index contributed by atoms with van der Waals surface area (Å²) < 4.78 is 7.26. The molecule has 0 spiro atoms. The van der Waals surface area contributed by atoms with Crippen molar-refractivity contribution in [2.24, 2.45) is 5.92 Å². The molecule has 3 heteroatoms. The maximum atomic E-state index is 6.13. The molecule has 1 aromatic rings. The third-order valence-corrected chi connectivity index (χ3v) is 4.90. The van der Waals surface area contributed by atoms with E-state index in [1.807, 2.05) is 0 Å². The Morgan fingerprint density at radius 3 is 2.60 bits per heavy atom. The summed E-state index contributed by atoms with van der Waals surface area (Å²) in [6.07, 6.45) is 5.36. The van der Waals surface area contributed by atoms with Gasteiger partial charge in [0.2, 0.25) is 0 Å². The molecule has 1 aromatic carbocycles. The van der Waals surface area contributed by atoms with E-state index in [1.54, 1.807) is 0 Å². The van der Waals surface area contributed by atoms with Crippen LogP contribution in [0, 0.1) is 5.92 Å². The number of halogens is 1. The second-order valence-corrected chi connectivity index (χ2v) is 6.82. The van der Waals surface area contributed by atoms with Crippen molar-refractivity contribution in [3.8, 4) is 5.75 Å². The van der Waals surface area contributed by atoms with Gasteiger partial charge >= 0.3 is 0 Å². The summed E-state index contributed by atoms with van der Waals surface area (Å²) >= 11 is 3.67. The first-order valence-corrected chi connectivity index (χ1v) is 8.59. The molecule has 112 valence electrons. The number of hydrogen-bond acceptors (Lipinski definition) is 2. The third-order valence-electron chi connectivity index (χ3n) is 4.21. The highest BCUT2D eigenvalue weighted by atomic mass is 79.9. The predicted molar refractivity (Wildman–Crippen MR) is 88.3 cm³/mol. The molecule has 0 amide bonds. The zero-order valence-corrected chi connectivity index (χ0v) is 14.4. The van der Waals surface area contributed by atoms with E-state index < -0.39 is 0 Å². The molecule has 20 heavy (non-hydrogen) atoms. The number of hydrogen-bond donors (Lipinski definition) is 1. The van der Waals surface area contributed by atoms with Gasteiger partial charge in [-0.1, -0.05) is 35.8 Å². The Balaban J connectivity index is 1.98. The summed E-state index contributed by atoms with van der Waals surface area (Å²) in [6, 6.07) is 6.74. The first-order chi connectivity index (χ1) is 9.60. The fourth-order valence-electron chi connectivity index (χ4n) is 2.89. The second kappa shape index (κ2) is 7.46. The standard InChI is InChI=1S/C17H26BrNO/c1-4-19-13(3)16-10-9-15(11-17(16)18)20-14-7-5-12(2)6-8-14/h9-14,19H,4-8H2,1-3H3. The molecular formula is C17H26BrNO. The lowest BCUT2D eigenvalue weighted by molar-refractivity contribution is 0.135. The first-order valence-electron chi connectivity index (χ1n) is 7.79. The van der Waals surface area contributed by atoms with Crippen molar-refractivity contribution in [2.45, 2.75) is 58.6 Å². The minimum absolute atomic E-state index is 0.360. The van der Waals surface area contributed by atoms with Crippen LogP contribution in [-0.4, -0.2) is 12.6 Å². The van der Waals surface area contributed by atoms with Crippen LogP contribution in [0.4, 0.5) is 0 Å². The summed E-state index contributed by atoms with van der Waals surface area (Å²) in [6.45, 7) is 7.63. The van der Waals surface area contributed by atoms with Crippen molar-refractivity contribution in [1.29, 1.82) is 0 Å². The molecule has 1 fully saturated rings. The van der Waals surface area contributed by atoms with Gasteiger partial charge in [0.1, 0.15) is 5.75 Å². The Morgan fingerprint density at radius 1 is 1.30 bits per heavy atom. The van der Waals surface area contributed by atoms with E-state index in [4.69, 9.17) is 4.74 Å². The topological polar surface area (TPSA) is 21.3 Å². The summed E-state index contributed by atoms with van der Waals surface area (Å²) in [5.74, 6) is 1.86. The summed E-state index contributed by atoms with van der Waals surface area (Å²) in [4.78, 5) is 0. The average Bonchev–Trinajstić information content (AvgIpc) is 2.42. The van der Waals surface area contributed by atoms with Gasteiger partial charge in [0.15, 0.2) is 0 Å². The zero-order valence-electron chi connectivity index (χ0n) is 12.8. The molecule has 0 heterocycles. The van der Waals surface area contributed by atoms with Crippen LogP contribution in [-0.2, 0) is 0 Å². The van der Waals surface area contributed by atoms with Gasteiger partial charge in [0, 0.05) is 10.5 Å². The predicted octanol–water partition coefficient (Wildman–Crippen LogP) is 5.08. The molecule has 2 rings (SSSR count). The van der Waals surface area contributed by atoms with Gasteiger partial charge in [-0.25, -0.2) is 0 Å². The van der Waals surface area contributed by atoms with E-state index in [0.717, 1.165) is 22.7 Å². The number of benzene rings is 1. The highest BCUT2D eigenvalue weighted by molar-refractivity contribution is 9.10. The van der Waals surface area contributed by atoms with Crippen LogP contribution in [0.25, 0.3) is 0 Å². The van der Waals surface area contributed by atoms with Crippen LogP contribution < -0.4 is 10.1 Å². The second-order valence-electron chi connectivity index (χ2n) is 5.96. The Morgan fingerprint density at radius 2 is 2.00 bits per heavy atom. The highest BCUT2D eigenvalue weighted by Crippen LogP contribution is 2.31. The lowest BCUT2D eigenvalue weighted by Gasteiger charge is -2.27. The summed E-state index contributed by atoms with van der Waals surface area (Å²) in [5, 5.41) is 3.44. The summed E-state index contributed by atoms with van der Waals surface area (Å²) in [7, 11) is 0. The molecule has 1 unspecified atom stereocenters. The molecule has 0 aliphatic heterocycles. The average molecular weight is 340 g/mol. The third kappa shape index (κ3) is 4.23. The Labute approximate surface area is 131 Å². The SMILES string of the molecule is CCNC(C)c1ccc(OC2CCC(C)CC2)cc1Br. The van der Waals surface area contributed by atoms with E-state index in [-0.39, 0.29) is 0 Å². The molecular weight excluding hydrogens is 314 g/mol. The molecule has 1 atom stereocenters. The maximum Gasteiger partial charge on any atom is 0.120 e. The van der Waals surface area contributed by atoms with Crippen molar-refractivity contribution < 1.29 is 4.74 Å². The molecule has 0 radical (unpaired) electrons. The molecule has 1 N–H and O–H groups in total. The highest BCUT2D eigenvalue weighted by Gasteiger charge is 2.20. The van der Waals surface area contributed by atoms with Crippen LogP contribution >= 0.6 is 15.9 Å². The molecule has 1 saturated carbocycles. The van der Waals surface area contributed by atoms with E-state index in [1.165, 1.54) is 31.2 Å². The molecule has 0 saturated heterocycles. The molecule has 1 aliphatic carbocycles. The Kier molecular flexibility index (Phi) is 5.91. The van der Waals surface area contributed by atoms with E-state index >= 15 is 0 Å². The van der Waals surface area contributed by atoms with Gasteiger partial charge in [-0.3, -0.25) is 0 Å². The van der Waals surface area contributed by atoms with Gasteiger partial charge in [0.05, 0.1) is 6.10 Å². The van der Waals surface area contributed by atoms with Crippen LogP contribution in [0.2, 0.25) is 0 Å². The molecule has 2 nitrogen and oxygen atoms in total. The smallest absolute Gasteiger partial charge is 0.120 e. The van der Waals surface area contributed by atoms with Gasteiger partial charge in [-0.05, 0) is 62.8 Å². The number of rotatable bonds is 5. The largest absolute Gasteiger partial charge is 0.490 e. The van der Waals surface area contributed by atoms with Gasteiger partial charge in [-0.2, -0.15) is 0 Å². The molecule has 0 aromatic heterocycles. The Bertz CT molecular complexity index is 427. The van der Waals surface area contributed by atoms with Crippen molar-refractivity contribution in [2.75, 3.05) is 6.54 Å². The minimum atomic E-state index is 0.360. The normalized spacial score (nSPS) is 24.4. The van der Waals surface area contributed by atoms with E-state index in [2.05, 4.69) is 60.2 Å². The van der Waals surface area contributed by atoms with E-state index in [9.17, 15) is 0 Å². The first kappa shape index (κ1) is 15.8.